The van der Waals surface area contributed by atoms with Gasteiger partial charge in [0, 0.05) is 35.2 Å². The van der Waals surface area contributed by atoms with Crippen molar-refractivity contribution in [3.05, 3.63) is 22.8 Å². The predicted octanol–water partition coefficient (Wildman–Crippen LogP) is -4.28. The van der Waals surface area contributed by atoms with E-state index < -0.39 is 172 Å². The van der Waals surface area contributed by atoms with Gasteiger partial charge in [-0.25, -0.2) is 0 Å². The molecule has 23 nitrogen and oxygen atoms in total. The van der Waals surface area contributed by atoms with Gasteiger partial charge in [-0.3, -0.25) is 4.79 Å². The second kappa shape index (κ2) is 19.1. The molecule has 0 aromatic rings. The second-order valence-corrected chi connectivity index (χ2v) is 21.7. The molecule has 0 amide bonds. The second-order valence-electron chi connectivity index (χ2n) is 21.7. The highest BCUT2D eigenvalue weighted by molar-refractivity contribution is 6.04. The molecule has 23 heteroatoms. The fourth-order valence-corrected chi connectivity index (χ4v) is 13.4. The Morgan fingerprint density at radius 1 is 0.743 bits per heavy atom. The number of ether oxygens (including phenoxy) is 10. The average molecular weight is 1000 g/mol. The van der Waals surface area contributed by atoms with Crippen LogP contribution < -0.4 is 0 Å². The number of allylic oxidation sites excluding steroid dienone is 1. The normalized spacial score (nSPS) is 55.8. The summed E-state index contributed by atoms with van der Waals surface area (Å²) >= 11 is 0. The Morgan fingerprint density at radius 3 is 2.17 bits per heavy atom. The summed E-state index contributed by atoms with van der Waals surface area (Å²) in [5.74, 6) is -3.41. The maximum absolute atomic E-state index is 14.7. The summed E-state index contributed by atoms with van der Waals surface area (Å²) in [4.78, 5) is 14.7. The van der Waals surface area contributed by atoms with Crippen LogP contribution in [0.4, 0.5) is 0 Å². The Hall–Kier alpha value is -1.73. The first-order chi connectivity index (χ1) is 33.1. The molecule has 1 saturated carbocycles. The highest BCUT2D eigenvalue weighted by Crippen LogP contribution is 2.64. The van der Waals surface area contributed by atoms with E-state index in [0.717, 1.165) is 11.1 Å². The van der Waals surface area contributed by atoms with Crippen molar-refractivity contribution < 1.29 is 113 Å². The van der Waals surface area contributed by atoms with Crippen molar-refractivity contribution in [3.63, 3.8) is 0 Å². The number of ketones is 1. The lowest BCUT2D eigenvalue weighted by Crippen LogP contribution is -2.65. The highest BCUT2D eigenvalue weighted by atomic mass is 16.8. The minimum absolute atomic E-state index is 0.0849. The smallest absolute Gasteiger partial charge is 0.201 e. The Balaban J connectivity index is 0.943. The zero-order valence-electron chi connectivity index (χ0n) is 39.4. The lowest BCUT2D eigenvalue weighted by molar-refractivity contribution is -0.387. The summed E-state index contributed by atoms with van der Waals surface area (Å²) in [7, 11) is 0. The number of aliphatic hydroxyl groups excluding tert-OH is 11. The van der Waals surface area contributed by atoms with Gasteiger partial charge in [-0.1, -0.05) is 38.0 Å². The number of rotatable bonds is 9. The van der Waals surface area contributed by atoms with Crippen LogP contribution in [0, 0.1) is 35.0 Å². The standard InChI is InChI=1S/C47H70O23/c1-16-11-64-47(39(58)29(16)52)17(2)27-22-7-8-23-21(28(22)32(55)36(27)70-47)6-5-19-9-20(49)10-26(45(19,23)4)66-43-38(35(25(51)13-62-43)67-41-33(56)31(54)24(50)12-61-41)69-42-34(57)37(30(53)18(3)65-42)68-44-40(59)46(60,14-48)15-63-44/h5,16-18,20-21,23-27,29-31,33-44,48-54,56-60H,6-15H2,1-4H3. The van der Waals surface area contributed by atoms with Crippen LogP contribution in [0.3, 0.4) is 0 Å². The van der Waals surface area contributed by atoms with Crippen LogP contribution in [0.1, 0.15) is 59.8 Å². The summed E-state index contributed by atoms with van der Waals surface area (Å²) in [5.41, 5.74) is -0.418. The Kier molecular flexibility index (Phi) is 14.1. The van der Waals surface area contributed by atoms with Gasteiger partial charge in [0.1, 0.15) is 78.8 Å². The predicted molar refractivity (Wildman–Crippen MR) is 229 cm³/mol. The van der Waals surface area contributed by atoms with E-state index in [1.165, 1.54) is 6.92 Å². The van der Waals surface area contributed by atoms with Gasteiger partial charge < -0.3 is 109 Å². The Labute approximate surface area is 403 Å². The van der Waals surface area contributed by atoms with E-state index in [-0.39, 0.29) is 42.5 Å². The molecule has 10 rings (SSSR count). The molecule has 0 aromatic heterocycles. The number of hydrogen-bond donors (Lipinski definition) is 12. The molecule has 10 aliphatic rings. The SMILES string of the molecule is CC1COC2(OC3C(=O)C4=C(CCC5C4CC=C4CC(O)CC(OC6OCC(O)C(OC7OCC(O)C(O)C7O)C6OC6OC(C)C(O)C(OC7OCC(O)(CO)C7O)C6O)C45C)C3C2C)C(O)C1O. The van der Waals surface area contributed by atoms with E-state index >= 15 is 0 Å². The third kappa shape index (κ3) is 8.14. The molecule has 7 fully saturated rings. The number of fused-ring (bicyclic) bond motifs is 6. The van der Waals surface area contributed by atoms with Crippen LogP contribution in [0.15, 0.2) is 22.8 Å². The number of carbonyl (C=O) groups is 1. The molecule has 396 valence electrons. The first-order valence-corrected chi connectivity index (χ1v) is 24.7. The Morgan fingerprint density at radius 2 is 1.44 bits per heavy atom. The van der Waals surface area contributed by atoms with Crippen LogP contribution in [0.2, 0.25) is 0 Å². The quantitative estimate of drug-likeness (QED) is 0.0973. The minimum atomic E-state index is -2.10. The van der Waals surface area contributed by atoms with Gasteiger partial charge in [0.2, 0.25) is 5.79 Å². The molecule has 6 saturated heterocycles. The average Bonchev–Trinajstić information content (AvgIpc) is 3.91. The third-order valence-corrected chi connectivity index (χ3v) is 17.6. The fraction of sp³-hybridized carbons (Fsp3) is 0.894. The summed E-state index contributed by atoms with van der Waals surface area (Å²) in [6, 6.07) is 0. The van der Waals surface area contributed by atoms with Crippen LogP contribution in [0.5, 0.6) is 0 Å². The molecule has 70 heavy (non-hydrogen) atoms. The molecule has 0 aromatic carbocycles. The first kappa shape index (κ1) is 51.7. The van der Waals surface area contributed by atoms with E-state index in [0.29, 0.717) is 31.3 Å². The van der Waals surface area contributed by atoms with Gasteiger partial charge in [0.25, 0.3) is 0 Å². The molecule has 12 N–H and O–H groups in total. The molecule has 0 radical (unpaired) electrons. The summed E-state index contributed by atoms with van der Waals surface area (Å²) in [6.45, 7) is 4.99. The van der Waals surface area contributed by atoms with E-state index in [1.807, 2.05) is 19.9 Å². The third-order valence-electron chi connectivity index (χ3n) is 17.6. The maximum atomic E-state index is 14.7. The molecule has 6 heterocycles. The van der Waals surface area contributed by atoms with Crippen molar-refractivity contribution in [2.24, 2.45) is 35.0 Å². The number of aliphatic hydroxyl groups is 12. The Bertz CT molecular complexity index is 2010. The molecular weight excluding hydrogens is 932 g/mol. The van der Waals surface area contributed by atoms with E-state index in [1.54, 1.807) is 6.92 Å². The van der Waals surface area contributed by atoms with Crippen molar-refractivity contribution in [3.8, 4) is 0 Å². The number of Topliss-reactive ketones (excluding diaryl/α,β-unsaturated/α-hetero) is 1. The van der Waals surface area contributed by atoms with Gasteiger partial charge in [-0.15, -0.1) is 0 Å². The van der Waals surface area contributed by atoms with Crippen LogP contribution >= 0.6 is 0 Å². The minimum Gasteiger partial charge on any atom is -0.393 e. The molecule has 28 atom stereocenters. The van der Waals surface area contributed by atoms with Gasteiger partial charge >= 0.3 is 0 Å². The highest BCUT2D eigenvalue weighted by Gasteiger charge is 2.68. The lowest BCUT2D eigenvalue weighted by Gasteiger charge is -2.57. The monoisotopic (exact) mass is 1000 g/mol. The van der Waals surface area contributed by atoms with Gasteiger partial charge in [-0.2, -0.15) is 0 Å². The van der Waals surface area contributed by atoms with Crippen LogP contribution in [-0.4, -0.2) is 234 Å². The van der Waals surface area contributed by atoms with Crippen molar-refractivity contribution >= 4 is 5.78 Å². The molecule has 4 aliphatic carbocycles. The molecule has 6 aliphatic heterocycles. The molecule has 0 bridgehead atoms. The zero-order valence-corrected chi connectivity index (χ0v) is 39.4. The van der Waals surface area contributed by atoms with Crippen molar-refractivity contribution in [1.29, 1.82) is 0 Å². The topological polar surface area (TPSA) is 352 Å². The molecular formula is C47H70O23. The van der Waals surface area contributed by atoms with E-state index in [9.17, 15) is 66.1 Å². The first-order valence-electron chi connectivity index (χ1n) is 24.7. The number of hydrogen-bond acceptors (Lipinski definition) is 23. The van der Waals surface area contributed by atoms with Gasteiger partial charge in [0.05, 0.1) is 57.5 Å². The van der Waals surface area contributed by atoms with E-state index in [4.69, 9.17) is 47.4 Å². The summed E-state index contributed by atoms with van der Waals surface area (Å²) in [6.07, 6.45) is -25.2. The van der Waals surface area contributed by atoms with Crippen molar-refractivity contribution in [2.45, 2.75) is 194 Å². The van der Waals surface area contributed by atoms with E-state index in [2.05, 4.69) is 0 Å². The van der Waals surface area contributed by atoms with Crippen LogP contribution in [0.25, 0.3) is 0 Å². The zero-order chi connectivity index (χ0) is 50.1. The summed E-state index contributed by atoms with van der Waals surface area (Å²) < 4.78 is 61.2. The summed E-state index contributed by atoms with van der Waals surface area (Å²) in [5, 5.41) is 131. The van der Waals surface area contributed by atoms with Gasteiger partial charge in [-0.05, 0) is 44.4 Å². The van der Waals surface area contributed by atoms with Crippen molar-refractivity contribution in [1.82, 2.24) is 0 Å². The van der Waals surface area contributed by atoms with Crippen molar-refractivity contribution in [2.75, 3.05) is 33.0 Å². The van der Waals surface area contributed by atoms with Crippen LogP contribution in [-0.2, 0) is 52.2 Å². The molecule has 1 spiro atoms. The lowest BCUT2D eigenvalue weighted by atomic mass is 9.51. The van der Waals surface area contributed by atoms with Gasteiger partial charge in [0.15, 0.2) is 30.9 Å². The maximum Gasteiger partial charge on any atom is 0.201 e. The fourth-order valence-electron chi connectivity index (χ4n) is 13.4. The largest absolute Gasteiger partial charge is 0.393 e. The molecule has 28 unspecified atom stereocenters. The number of carbonyl (C=O) groups excluding carboxylic acids is 1.